The van der Waals surface area contributed by atoms with Crippen LogP contribution in [0.1, 0.15) is 64.1 Å². The maximum absolute atomic E-state index is 13.1. The summed E-state index contributed by atoms with van der Waals surface area (Å²) in [4.78, 5) is 4.32. The second kappa shape index (κ2) is 7.72. The van der Waals surface area contributed by atoms with E-state index in [9.17, 15) is 4.39 Å². The first-order chi connectivity index (χ1) is 9.74. The molecule has 1 heterocycles. The molecule has 0 spiro atoms. The summed E-state index contributed by atoms with van der Waals surface area (Å²) in [5.74, 6) is 1.23. The average molecular weight is 278 g/mol. The third kappa shape index (κ3) is 4.02. The fraction of sp³-hybridized carbons (Fsp3) is 0.706. The Bertz CT molecular complexity index is 390. The van der Waals surface area contributed by atoms with Crippen LogP contribution in [0.5, 0.6) is 0 Å². The zero-order valence-electron chi connectivity index (χ0n) is 12.7. The molecule has 1 aromatic heterocycles. The van der Waals surface area contributed by atoms with Crippen LogP contribution in [0.2, 0.25) is 0 Å². The molecule has 0 aromatic carbocycles. The number of pyridine rings is 1. The Kier molecular flexibility index (Phi) is 5.96. The van der Waals surface area contributed by atoms with Crippen molar-refractivity contribution in [1.82, 2.24) is 10.3 Å². The van der Waals surface area contributed by atoms with Gasteiger partial charge in [-0.3, -0.25) is 4.98 Å². The molecule has 20 heavy (non-hydrogen) atoms. The van der Waals surface area contributed by atoms with E-state index in [0.717, 1.165) is 24.6 Å². The van der Waals surface area contributed by atoms with Crippen molar-refractivity contribution in [2.75, 3.05) is 6.54 Å². The Morgan fingerprint density at radius 1 is 1.35 bits per heavy atom. The monoisotopic (exact) mass is 278 g/mol. The van der Waals surface area contributed by atoms with Gasteiger partial charge in [-0.2, -0.15) is 0 Å². The summed E-state index contributed by atoms with van der Waals surface area (Å²) >= 11 is 0. The zero-order chi connectivity index (χ0) is 14.4. The van der Waals surface area contributed by atoms with Crippen LogP contribution in [-0.2, 0) is 0 Å². The molecule has 3 heteroatoms. The second-order valence-corrected chi connectivity index (χ2v) is 6.03. The summed E-state index contributed by atoms with van der Waals surface area (Å²) in [6.45, 7) is 5.46. The van der Waals surface area contributed by atoms with Crippen LogP contribution in [0.25, 0.3) is 0 Å². The lowest BCUT2D eigenvalue weighted by Gasteiger charge is -2.34. The predicted molar refractivity (Wildman–Crippen MR) is 81.0 cm³/mol. The highest BCUT2D eigenvalue weighted by Gasteiger charge is 2.29. The summed E-state index contributed by atoms with van der Waals surface area (Å²) in [5, 5.41) is 3.63. The Balaban J connectivity index is 2.11. The Morgan fingerprint density at radius 2 is 2.20 bits per heavy atom. The Labute approximate surface area is 122 Å². The van der Waals surface area contributed by atoms with Crippen LogP contribution in [0.4, 0.5) is 4.39 Å². The Hall–Kier alpha value is -0.960. The fourth-order valence-electron chi connectivity index (χ4n) is 3.39. The Morgan fingerprint density at radius 3 is 2.85 bits per heavy atom. The molecule has 1 aromatic rings. The summed E-state index contributed by atoms with van der Waals surface area (Å²) < 4.78 is 13.1. The van der Waals surface area contributed by atoms with Crippen LogP contribution in [0.3, 0.4) is 0 Å². The van der Waals surface area contributed by atoms with Gasteiger partial charge in [0, 0.05) is 0 Å². The van der Waals surface area contributed by atoms with Gasteiger partial charge >= 0.3 is 0 Å². The van der Waals surface area contributed by atoms with E-state index in [1.165, 1.54) is 44.4 Å². The van der Waals surface area contributed by atoms with E-state index in [4.69, 9.17) is 0 Å². The van der Waals surface area contributed by atoms with Crippen molar-refractivity contribution in [2.45, 2.75) is 58.4 Å². The first kappa shape index (κ1) is 15.4. The van der Waals surface area contributed by atoms with E-state index in [-0.39, 0.29) is 11.9 Å². The molecule has 2 rings (SSSR count). The van der Waals surface area contributed by atoms with Gasteiger partial charge in [0.15, 0.2) is 0 Å². The number of hydrogen-bond donors (Lipinski definition) is 1. The third-order valence-electron chi connectivity index (χ3n) is 4.56. The minimum Gasteiger partial charge on any atom is -0.308 e. The highest BCUT2D eigenvalue weighted by atomic mass is 19.1. The van der Waals surface area contributed by atoms with Crippen LogP contribution >= 0.6 is 0 Å². The number of aromatic nitrogens is 1. The van der Waals surface area contributed by atoms with Crippen molar-refractivity contribution < 1.29 is 4.39 Å². The van der Waals surface area contributed by atoms with E-state index in [1.807, 2.05) is 6.07 Å². The fourth-order valence-corrected chi connectivity index (χ4v) is 3.39. The molecule has 0 radical (unpaired) electrons. The lowest BCUT2D eigenvalue weighted by Crippen LogP contribution is -2.32. The number of nitrogens with one attached hydrogen (secondary N) is 1. The number of hydrogen-bond acceptors (Lipinski definition) is 2. The molecule has 1 aliphatic rings. The molecule has 0 saturated heterocycles. The van der Waals surface area contributed by atoms with Crippen LogP contribution < -0.4 is 5.32 Å². The van der Waals surface area contributed by atoms with Crippen molar-refractivity contribution in [3.05, 3.63) is 29.8 Å². The zero-order valence-corrected chi connectivity index (χ0v) is 12.7. The van der Waals surface area contributed by atoms with E-state index in [2.05, 4.69) is 24.1 Å². The van der Waals surface area contributed by atoms with Crippen molar-refractivity contribution in [3.63, 3.8) is 0 Å². The molecule has 0 bridgehead atoms. The van der Waals surface area contributed by atoms with Crippen LogP contribution in [0, 0.1) is 17.7 Å². The topological polar surface area (TPSA) is 24.9 Å². The molecular weight excluding hydrogens is 251 g/mol. The van der Waals surface area contributed by atoms with E-state index < -0.39 is 0 Å². The highest BCUT2D eigenvalue weighted by molar-refractivity contribution is 5.11. The molecule has 2 nitrogen and oxygen atoms in total. The minimum atomic E-state index is -0.252. The maximum atomic E-state index is 13.1. The van der Waals surface area contributed by atoms with E-state index >= 15 is 0 Å². The molecule has 1 N–H and O–H groups in total. The normalized spacial score (nSPS) is 24.6. The molecule has 1 aliphatic carbocycles. The summed E-state index contributed by atoms with van der Waals surface area (Å²) in [5.41, 5.74) is 1.00. The quantitative estimate of drug-likeness (QED) is 0.830. The van der Waals surface area contributed by atoms with Gasteiger partial charge in [-0.05, 0) is 49.8 Å². The van der Waals surface area contributed by atoms with Crippen molar-refractivity contribution >= 4 is 0 Å². The molecule has 1 saturated carbocycles. The van der Waals surface area contributed by atoms with Crippen molar-refractivity contribution in [1.29, 1.82) is 0 Å². The third-order valence-corrected chi connectivity index (χ3v) is 4.56. The highest BCUT2D eigenvalue weighted by Crippen LogP contribution is 2.37. The standard InChI is InChI=1S/C17H27FN2/c1-3-10-19-17(16-9-8-15(18)12-20-16)14-7-5-6-13(4-2)11-14/h8-9,12-14,17,19H,3-7,10-11H2,1-2H3. The van der Waals surface area contributed by atoms with Gasteiger partial charge in [0.2, 0.25) is 0 Å². The summed E-state index contributed by atoms with van der Waals surface area (Å²) in [6.07, 6.45) is 8.94. The van der Waals surface area contributed by atoms with Crippen LogP contribution in [-0.4, -0.2) is 11.5 Å². The van der Waals surface area contributed by atoms with Crippen molar-refractivity contribution in [3.8, 4) is 0 Å². The largest absolute Gasteiger partial charge is 0.308 e. The molecule has 112 valence electrons. The van der Waals surface area contributed by atoms with Crippen LogP contribution in [0.15, 0.2) is 18.3 Å². The predicted octanol–water partition coefficient (Wildman–Crippen LogP) is 4.48. The number of rotatable bonds is 6. The number of nitrogens with zero attached hydrogens (tertiary/aromatic N) is 1. The molecule has 1 fully saturated rings. The molecule has 0 aliphatic heterocycles. The van der Waals surface area contributed by atoms with Crippen molar-refractivity contribution in [2.24, 2.45) is 11.8 Å². The first-order valence-electron chi connectivity index (χ1n) is 8.09. The van der Waals surface area contributed by atoms with Gasteiger partial charge in [-0.25, -0.2) is 4.39 Å². The van der Waals surface area contributed by atoms with Gasteiger partial charge in [0.1, 0.15) is 5.82 Å². The van der Waals surface area contributed by atoms with E-state index in [0.29, 0.717) is 5.92 Å². The van der Waals surface area contributed by atoms with Gasteiger partial charge in [-0.15, -0.1) is 0 Å². The molecule has 0 amide bonds. The SMILES string of the molecule is CCCNC(c1ccc(F)cn1)C1CCCC(CC)C1. The average Bonchev–Trinajstić information content (AvgIpc) is 2.49. The lowest BCUT2D eigenvalue weighted by molar-refractivity contribution is 0.207. The smallest absolute Gasteiger partial charge is 0.141 e. The lowest BCUT2D eigenvalue weighted by atomic mass is 9.76. The van der Waals surface area contributed by atoms with Gasteiger partial charge in [-0.1, -0.05) is 33.1 Å². The molecular formula is C17H27FN2. The first-order valence-corrected chi connectivity index (χ1v) is 8.09. The van der Waals surface area contributed by atoms with Gasteiger partial charge in [0.25, 0.3) is 0 Å². The van der Waals surface area contributed by atoms with E-state index in [1.54, 1.807) is 0 Å². The molecule has 3 atom stereocenters. The summed E-state index contributed by atoms with van der Waals surface area (Å²) in [7, 11) is 0. The minimum absolute atomic E-state index is 0.252. The van der Waals surface area contributed by atoms with Gasteiger partial charge in [0.05, 0.1) is 17.9 Å². The maximum Gasteiger partial charge on any atom is 0.141 e. The summed E-state index contributed by atoms with van der Waals surface area (Å²) in [6, 6.07) is 3.66. The second-order valence-electron chi connectivity index (χ2n) is 6.03. The molecule has 3 unspecified atom stereocenters. The number of halogens is 1. The van der Waals surface area contributed by atoms with Gasteiger partial charge < -0.3 is 5.32 Å².